The van der Waals surface area contributed by atoms with E-state index in [1.165, 1.54) is 23.5 Å². The number of morpholine rings is 1. The summed E-state index contributed by atoms with van der Waals surface area (Å²) >= 11 is 1.53. The number of carbonyl (C=O) groups excluding carboxylic acids is 1. The summed E-state index contributed by atoms with van der Waals surface area (Å²) < 4.78 is 24.8. The van der Waals surface area contributed by atoms with Crippen LogP contribution in [0.1, 0.15) is 29.5 Å². The highest BCUT2D eigenvalue weighted by atomic mass is 32.1. The summed E-state index contributed by atoms with van der Waals surface area (Å²) in [7, 11) is 1.65. The van der Waals surface area contributed by atoms with E-state index in [0.717, 1.165) is 40.4 Å². The second-order valence-corrected chi connectivity index (χ2v) is 8.86. The number of hydrogen-bond acceptors (Lipinski definition) is 5. The number of rotatable bonds is 5. The van der Waals surface area contributed by atoms with Crippen LogP contribution in [0.25, 0.3) is 11.3 Å². The van der Waals surface area contributed by atoms with Gasteiger partial charge < -0.3 is 14.4 Å². The molecule has 7 heteroatoms. The van der Waals surface area contributed by atoms with E-state index >= 15 is 0 Å². The standard InChI is InChI=1S/C24H23FN2O3S/c1-29-20-5-3-2-4-18(20)19-15-31-22(26-19)21-14-27(12-13-30-21)23(28)24(10-11-24)16-6-8-17(25)9-7-16/h2-9,15,21H,10-14H2,1H3/t21-/m1/s1. The summed E-state index contributed by atoms with van der Waals surface area (Å²) in [6, 6.07) is 14.1. The number of carbonyl (C=O) groups is 1. The van der Waals surface area contributed by atoms with Gasteiger partial charge in [0.25, 0.3) is 0 Å². The molecule has 0 bridgehead atoms. The number of ether oxygens (including phenoxy) is 2. The second kappa shape index (κ2) is 8.05. The minimum absolute atomic E-state index is 0.105. The lowest BCUT2D eigenvalue weighted by molar-refractivity contribution is -0.141. The van der Waals surface area contributed by atoms with Gasteiger partial charge in [0.1, 0.15) is 22.7 Å². The van der Waals surface area contributed by atoms with Crippen LogP contribution in [0, 0.1) is 5.82 Å². The van der Waals surface area contributed by atoms with Gasteiger partial charge in [0, 0.05) is 17.5 Å². The third-order valence-electron chi connectivity index (χ3n) is 6.09. The summed E-state index contributed by atoms with van der Waals surface area (Å²) in [6.45, 7) is 1.50. The van der Waals surface area contributed by atoms with E-state index in [0.29, 0.717) is 19.7 Å². The van der Waals surface area contributed by atoms with Crippen LogP contribution in [0.15, 0.2) is 53.9 Å². The Morgan fingerprint density at radius 3 is 2.74 bits per heavy atom. The van der Waals surface area contributed by atoms with E-state index in [2.05, 4.69) is 0 Å². The molecular formula is C24H23FN2O3S. The monoisotopic (exact) mass is 438 g/mol. The van der Waals surface area contributed by atoms with Crippen LogP contribution in [0.2, 0.25) is 0 Å². The zero-order valence-corrected chi connectivity index (χ0v) is 18.0. The molecule has 0 unspecified atom stereocenters. The molecule has 0 spiro atoms. The highest BCUT2D eigenvalue weighted by Crippen LogP contribution is 2.50. The Bertz CT molecular complexity index is 1090. The number of hydrogen-bond donors (Lipinski definition) is 0. The number of aromatic nitrogens is 1. The van der Waals surface area contributed by atoms with Gasteiger partial charge in [-0.1, -0.05) is 24.3 Å². The SMILES string of the molecule is COc1ccccc1-c1csc([C@H]2CN(C(=O)C3(c4ccc(F)cc4)CC3)CCO2)n1. The number of halogens is 1. The van der Waals surface area contributed by atoms with E-state index < -0.39 is 5.41 Å². The van der Waals surface area contributed by atoms with Gasteiger partial charge in [0.05, 0.1) is 31.4 Å². The van der Waals surface area contributed by atoms with E-state index in [4.69, 9.17) is 14.5 Å². The van der Waals surface area contributed by atoms with Crippen LogP contribution in [0.3, 0.4) is 0 Å². The molecular weight excluding hydrogens is 415 g/mol. The summed E-state index contributed by atoms with van der Waals surface area (Å²) in [6.07, 6.45) is 1.35. The van der Waals surface area contributed by atoms with E-state index in [-0.39, 0.29) is 17.8 Å². The van der Waals surface area contributed by atoms with Crippen molar-refractivity contribution >= 4 is 17.2 Å². The quantitative estimate of drug-likeness (QED) is 0.585. The normalized spacial score (nSPS) is 19.8. The molecule has 1 saturated carbocycles. The molecule has 160 valence electrons. The minimum Gasteiger partial charge on any atom is -0.496 e. The van der Waals surface area contributed by atoms with Gasteiger partial charge in [-0.05, 0) is 42.7 Å². The predicted octanol–water partition coefficient (Wildman–Crippen LogP) is 4.59. The van der Waals surface area contributed by atoms with Gasteiger partial charge in [-0.2, -0.15) is 0 Å². The molecule has 5 rings (SSSR count). The number of para-hydroxylation sites is 1. The maximum Gasteiger partial charge on any atom is 0.233 e. The number of nitrogens with zero attached hydrogens (tertiary/aromatic N) is 2. The lowest BCUT2D eigenvalue weighted by Gasteiger charge is -2.34. The molecule has 1 aliphatic carbocycles. The second-order valence-electron chi connectivity index (χ2n) is 7.97. The molecule has 1 saturated heterocycles. The Morgan fingerprint density at radius 2 is 2.00 bits per heavy atom. The Morgan fingerprint density at radius 1 is 1.23 bits per heavy atom. The van der Waals surface area contributed by atoms with E-state index in [9.17, 15) is 9.18 Å². The molecule has 2 aromatic carbocycles. The summed E-state index contributed by atoms with van der Waals surface area (Å²) in [4.78, 5) is 20.1. The number of amides is 1. The molecule has 0 N–H and O–H groups in total. The average Bonchev–Trinajstić information content (AvgIpc) is 3.48. The van der Waals surface area contributed by atoms with Crippen molar-refractivity contribution in [3.05, 3.63) is 70.3 Å². The van der Waals surface area contributed by atoms with Crippen molar-refractivity contribution in [1.29, 1.82) is 0 Å². The molecule has 0 radical (unpaired) electrons. The number of methoxy groups -OCH3 is 1. The van der Waals surface area contributed by atoms with Gasteiger partial charge in [0.2, 0.25) is 5.91 Å². The molecule has 31 heavy (non-hydrogen) atoms. The summed E-state index contributed by atoms with van der Waals surface area (Å²) in [5, 5.41) is 2.85. The lowest BCUT2D eigenvalue weighted by atomic mass is 9.94. The zero-order valence-electron chi connectivity index (χ0n) is 17.2. The van der Waals surface area contributed by atoms with Crippen LogP contribution in [0.5, 0.6) is 5.75 Å². The van der Waals surface area contributed by atoms with Crippen LogP contribution >= 0.6 is 11.3 Å². The average molecular weight is 439 g/mol. The predicted molar refractivity (Wildman–Crippen MR) is 117 cm³/mol. The third kappa shape index (κ3) is 3.72. The Kier molecular flexibility index (Phi) is 5.24. The smallest absolute Gasteiger partial charge is 0.233 e. The van der Waals surface area contributed by atoms with Crippen molar-refractivity contribution in [3.63, 3.8) is 0 Å². The van der Waals surface area contributed by atoms with Crippen molar-refractivity contribution in [2.24, 2.45) is 0 Å². The molecule has 1 amide bonds. The molecule has 2 heterocycles. The minimum atomic E-state index is -0.513. The van der Waals surface area contributed by atoms with Gasteiger partial charge in [0.15, 0.2) is 0 Å². The Balaban J connectivity index is 1.34. The Labute approximate surface area is 184 Å². The third-order valence-corrected chi connectivity index (χ3v) is 7.03. The molecule has 3 aromatic rings. The van der Waals surface area contributed by atoms with Gasteiger partial charge in [-0.3, -0.25) is 4.79 Å². The summed E-state index contributed by atoms with van der Waals surface area (Å²) in [5.41, 5.74) is 2.16. The van der Waals surface area contributed by atoms with Gasteiger partial charge >= 0.3 is 0 Å². The topological polar surface area (TPSA) is 51.7 Å². The lowest BCUT2D eigenvalue weighted by Crippen LogP contribution is -2.46. The maximum atomic E-state index is 13.4. The Hall–Kier alpha value is -2.77. The van der Waals surface area contributed by atoms with E-state index in [1.807, 2.05) is 34.5 Å². The molecule has 1 atom stereocenters. The van der Waals surface area contributed by atoms with Crippen LogP contribution in [0.4, 0.5) is 4.39 Å². The molecule has 1 aromatic heterocycles. The first-order chi connectivity index (χ1) is 15.1. The van der Waals surface area contributed by atoms with Crippen LogP contribution in [-0.2, 0) is 14.9 Å². The number of benzene rings is 2. The highest BCUT2D eigenvalue weighted by Gasteiger charge is 2.53. The highest BCUT2D eigenvalue weighted by molar-refractivity contribution is 7.10. The van der Waals surface area contributed by atoms with Crippen molar-refractivity contribution < 1.29 is 18.7 Å². The first kappa shape index (κ1) is 20.2. The summed E-state index contributed by atoms with van der Waals surface area (Å²) in [5.74, 6) is 0.595. The molecule has 5 nitrogen and oxygen atoms in total. The first-order valence-corrected chi connectivity index (χ1v) is 11.2. The van der Waals surface area contributed by atoms with Gasteiger partial charge in [-0.25, -0.2) is 9.37 Å². The van der Waals surface area contributed by atoms with Crippen molar-refractivity contribution in [3.8, 4) is 17.0 Å². The fourth-order valence-corrected chi connectivity index (χ4v) is 5.08. The van der Waals surface area contributed by atoms with E-state index in [1.54, 1.807) is 19.2 Å². The van der Waals surface area contributed by atoms with Crippen LogP contribution in [-0.4, -0.2) is 42.6 Å². The molecule has 1 aliphatic heterocycles. The largest absolute Gasteiger partial charge is 0.496 e. The zero-order chi connectivity index (χ0) is 21.4. The van der Waals surface area contributed by atoms with Crippen molar-refractivity contribution in [2.75, 3.05) is 26.8 Å². The first-order valence-electron chi connectivity index (χ1n) is 10.4. The fourth-order valence-electron chi connectivity index (χ4n) is 4.22. The number of thiazole rings is 1. The fraction of sp³-hybridized carbons (Fsp3) is 0.333. The van der Waals surface area contributed by atoms with Crippen molar-refractivity contribution in [2.45, 2.75) is 24.4 Å². The molecule has 2 fully saturated rings. The maximum absolute atomic E-state index is 13.4. The van der Waals surface area contributed by atoms with Crippen LogP contribution < -0.4 is 4.74 Å². The van der Waals surface area contributed by atoms with Gasteiger partial charge in [-0.15, -0.1) is 11.3 Å². The molecule has 2 aliphatic rings. The van der Waals surface area contributed by atoms with Crippen molar-refractivity contribution in [1.82, 2.24) is 9.88 Å².